The molecule has 0 aromatic heterocycles. The number of rotatable bonds is 5. The van der Waals surface area contributed by atoms with E-state index in [2.05, 4.69) is 45.2 Å². The SMILES string of the molecule is CCNC(=O)c1cccc(C(C2=CC(C)C(C)C=N2)c2cccc(C)c2C)c1F. The van der Waals surface area contributed by atoms with E-state index in [-0.39, 0.29) is 11.5 Å². The van der Waals surface area contributed by atoms with Crippen LogP contribution in [0.1, 0.15) is 59.3 Å². The summed E-state index contributed by atoms with van der Waals surface area (Å²) >= 11 is 0. The average Bonchev–Trinajstić information content (AvgIpc) is 2.69. The number of halogens is 1. The predicted molar refractivity (Wildman–Crippen MR) is 117 cm³/mol. The first-order valence-electron chi connectivity index (χ1n) is 10.2. The molecule has 3 unspecified atom stereocenters. The summed E-state index contributed by atoms with van der Waals surface area (Å²) in [6.45, 7) is 10.7. The zero-order chi connectivity index (χ0) is 21.1. The van der Waals surface area contributed by atoms with Crippen LogP contribution in [0.2, 0.25) is 0 Å². The molecule has 0 spiro atoms. The minimum absolute atomic E-state index is 0.0708. The van der Waals surface area contributed by atoms with Gasteiger partial charge in [0.2, 0.25) is 0 Å². The van der Waals surface area contributed by atoms with Gasteiger partial charge in [0.15, 0.2) is 0 Å². The maximum atomic E-state index is 15.6. The van der Waals surface area contributed by atoms with Gasteiger partial charge in [-0.25, -0.2) is 4.39 Å². The smallest absolute Gasteiger partial charge is 0.254 e. The van der Waals surface area contributed by atoms with Crippen molar-refractivity contribution in [3.8, 4) is 0 Å². The summed E-state index contributed by atoms with van der Waals surface area (Å²) in [5.41, 5.74) is 4.66. The van der Waals surface area contributed by atoms with E-state index in [0.717, 1.165) is 22.4 Å². The summed E-state index contributed by atoms with van der Waals surface area (Å²) in [4.78, 5) is 17.1. The molecule has 1 aliphatic heterocycles. The quantitative estimate of drug-likeness (QED) is 0.711. The number of benzene rings is 2. The molecule has 2 aromatic rings. The lowest BCUT2D eigenvalue weighted by Crippen LogP contribution is -2.24. The molecule has 0 radical (unpaired) electrons. The molecule has 3 nitrogen and oxygen atoms in total. The highest BCUT2D eigenvalue weighted by Gasteiger charge is 2.28. The van der Waals surface area contributed by atoms with Crippen LogP contribution in [0.15, 0.2) is 53.2 Å². The third kappa shape index (κ3) is 4.16. The van der Waals surface area contributed by atoms with E-state index in [0.29, 0.717) is 23.9 Å². The standard InChI is InChI=1S/C25H29FN2O/c1-6-27-25(29)21-12-8-11-20(24(21)26)23(19-10-7-9-15(2)18(19)5)22-13-16(3)17(4)14-28-22/h7-14,16-17,23H,6H2,1-5H3,(H,27,29). The molecule has 1 aliphatic rings. The van der Waals surface area contributed by atoms with Gasteiger partial charge in [0, 0.05) is 24.0 Å². The van der Waals surface area contributed by atoms with Crippen molar-refractivity contribution < 1.29 is 9.18 Å². The van der Waals surface area contributed by atoms with Crippen LogP contribution in [-0.4, -0.2) is 18.7 Å². The molecule has 0 saturated carbocycles. The molecule has 4 heteroatoms. The molecule has 1 N–H and O–H groups in total. The first-order chi connectivity index (χ1) is 13.8. The molecule has 3 rings (SSSR count). The van der Waals surface area contributed by atoms with Gasteiger partial charge in [-0.05, 0) is 55.4 Å². The first-order valence-corrected chi connectivity index (χ1v) is 10.2. The maximum absolute atomic E-state index is 15.6. The average molecular weight is 393 g/mol. The number of hydrogen-bond acceptors (Lipinski definition) is 2. The molecule has 0 bridgehead atoms. The monoisotopic (exact) mass is 392 g/mol. The Morgan fingerprint density at radius 3 is 2.48 bits per heavy atom. The second-order valence-electron chi connectivity index (χ2n) is 7.88. The number of hydrogen-bond donors (Lipinski definition) is 1. The van der Waals surface area contributed by atoms with Gasteiger partial charge in [-0.2, -0.15) is 0 Å². The number of carbonyl (C=O) groups excluding carboxylic acids is 1. The van der Waals surface area contributed by atoms with Crippen LogP contribution in [0.3, 0.4) is 0 Å². The molecule has 0 fully saturated rings. The fourth-order valence-electron chi connectivity index (χ4n) is 3.75. The molecule has 1 heterocycles. The van der Waals surface area contributed by atoms with E-state index in [1.807, 2.05) is 25.3 Å². The third-order valence-electron chi connectivity index (χ3n) is 5.90. The Labute approximate surface area is 172 Å². The van der Waals surface area contributed by atoms with Crippen LogP contribution < -0.4 is 5.32 Å². The normalized spacial score (nSPS) is 19.6. The fourth-order valence-corrected chi connectivity index (χ4v) is 3.75. The van der Waals surface area contributed by atoms with Gasteiger partial charge in [-0.15, -0.1) is 0 Å². The third-order valence-corrected chi connectivity index (χ3v) is 5.90. The summed E-state index contributed by atoms with van der Waals surface area (Å²) in [6, 6.07) is 11.1. The number of nitrogens with zero attached hydrogens (tertiary/aromatic N) is 1. The topological polar surface area (TPSA) is 41.5 Å². The van der Waals surface area contributed by atoms with Crippen LogP contribution in [0, 0.1) is 31.5 Å². The Hall–Kier alpha value is -2.75. The van der Waals surface area contributed by atoms with Crippen molar-refractivity contribution >= 4 is 12.1 Å². The van der Waals surface area contributed by atoms with Crippen molar-refractivity contribution in [3.05, 3.63) is 81.8 Å². The van der Waals surface area contributed by atoms with Gasteiger partial charge >= 0.3 is 0 Å². The lowest BCUT2D eigenvalue weighted by molar-refractivity contribution is 0.0951. The van der Waals surface area contributed by atoms with Crippen LogP contribution in [0.25, 0.3) is 0 Å². The van der Waals surface area contributed by atoms with Gasteiger partial charge in [-0.3, -0.25) is 9.79 Å². The molecule has 29 heavy (non-hydrogen) atoms. The number of amides is 1. The molecule has 0 saturated heterocycles. The lowest BCUT2D eigenvalue weighted by Gasteiger charge is -2.27. The van der Waals surface area contributed by atoms with Crippen LogP contribution in [0.4, 0.5) is 4.39 Å². The van der Waals surface area contributed by atoms with E-state index in [9.17, 15) is 4.79 Å². The molecule has 2 aromatic carbocycles. The highest BCUT2D eigenvalue weighted by Crippen LogP contribution is 2.39. The van der Waals surface area contributed by atoms with Crippen LogP contribution in [-0.2, 0) is 0 Å². The fraction of sp³-hybridized carbons (Fsp3) is 0.360. The number of carbonyl (C=O) groups is 1. The van der Waals surface area contributed by atoms with E-state index >= 15 is 4.39 Å². The molecular weight excluding hydrogens is 363 g/mol. The Morgan fingerprint density at radius 2 is 1.79 bits per heavy atom. The van der Waals surface area contributed by atoms with Gasteiger partial charge in [-0.1, -0.05) is 50.3 Å². The number of aryl methyl sites for hydroxylation is 1. The molecule has 1 amide bonds. The maximum Gasteiger partial charge on any atom is 0.254 e. The minimum Gasteiger partial charge on any atom is -0.352 e. The van der Waals surface area contributed by atoms with Crippen molar-refractivity contribution in [1.82, 2.24) is 5.32 Å². The highest BCUT2D eigenvalue weighted by atomic mass is 19.1. The van der Waals surface area contributed by atoms with Crippen molar-refractivity contribution in [3.63, 3.8) is 0 Å². The predicted octanol–water partition coefficient (Wildman–Crippen LogP) is 5.56. The Balaban J connectivity index is 2.21. The van der Waals surface area contributed by atoms with Gasteiger partial charge < -0.3 is 5.32 Å². The second-order valence-corrected chi connectivity index (χ2v) is 7.88. The molecule has 3 atom stereocenters. The highest BCUT2D eigenvalue weighted by molar-refractivity contribution is 5.94. The molecule has 152 valence electrons. The van der Waals surface area contributed by atoms with E-state index in [1.54, 1.807) is 12.1 Å². The molecular formula is C25H29FN2O. The number of nitrogens with one attached hydrogen (secondary N) is 1. The second kappa shape index (κ2) is 8.73. The largest absolute Gasteiger partial charge is 0.352 e. The van der Waals surface area contributed by atoms with E-state index < -0.39 is 11.7 Å². The summed E-state index contributed by atoms with van der Waals surface area (Å²) in [6.07, 6.45) is 4.08. The summed E-state index contributed by atoms with van der Waals surface area (Å²) in [5.74, 6) is -0.592. The van der Waals surface area contributed by atoms with Gasteiger partial charge in [0.25, 0.3) is 5.91 Å². The van der Waals surface area contributed by atoms with E-state index in [4.69, 9.17) is 4.99 Å². The Bertz CT molecular complexity index is 977. The van der Waals surface area contributed by atoms with Crippen LogP contribution >= 0.6 is 0 Å². The number of allylic oxidation sites excluding steroid dienone is 2. The zero-order valence-corrected chi connectivity index (χ0v) is 17.8. The van der Waals surface area contributed by atoms with Crippen molar-refractivity contribution in [2.24, 2.45) is 16.8 Å². The van der Waals surface area contributed by atoms with Crippen molar-refractivity contribution in [2.45, 2.75) is 40.5 Å². The Morgan fingerprint density at radius 1 is 1.10 bits per heavy atom. The number of aliphatic imine (C=N–C) groups is 1. The zero-order valence-electron chi connectivity index (χ0n) is 17.8. The van der Waals surface area contributed by atoms with Crippen molar-refractivity contribution in [2.75, 3.05) is 6.54 Å². The first kappa shape index (κ1) is 21.0. The summed E-state index contributed by atoms with van der Waals surface area (Å²) in [5, 5.41) is 2.70. The van der Waals surface area contributed by atoms with E-state index in [1.165, 1.54) is 6.07 Å². The summed E-state index contributed by atoms with van der Waals surface area (Å²) in [7, 11) is 0. The van der Waals surface area contributed by atoms with Crippen molar-refractivity contribution in [1.29, 1.82) is 0 Å². The lowest BCUT2D eigenvalue weighted by atomic mass is 9.81. The van der Waals surface area contributed by atoms with Gasteiger partial charge in [0.1, 0.15) is 5.82 Å². The Kier molecular flexibility index (Phi) is 6.31. The minimum atomic E-state index is -0.480. The summed E-state index contributed by atoms with van der Waals surface area (Å²) < 4.78 is 15.6. The van der Waals surface area contributed by atoms with Crippen LogP contribution in [0.5, 0.6) is 0 Å². The van der Waals surface area contributed by atoms with Gasteiger partial charge in [0.05, 0.1) is 11.5 Å². The molecule has 0 aliphatic carbocycles.